The van der Waals surface area contributed by atoms with Crippen molar-refractivity contribution in [1.29, 1.82) is 0 Å². The van der Waals surface area contributed by atoms with E-state index in [9.17, 15) is 4.79 Å². The standard InChI is InChI=1S/C13H18N4O/c1-3-13-16-10-7-9(14)4-5-11(10)17(13)8(2)6-12(15)18/h4-5,7-8H,3,6,14H2,1-2H3,(H2,15,18). The number of nitrogens with zero attached hydrogens (tertiary/aromatic N) is 2. The van der Waals surface area contributed by atoms with Gasteiger partial charge >= 0.3 is 0 Å². The predicted molar refractivity (Wildman–Crippen MR) is 72.0 cm³/mol. The number of rotatable bonds is 4. The number of carbonyl (C=O) groups excluding carboxylic acids is 1. The maximum Gasteiger partial charge on any atom is 0.219 e. The molecule has 1 unspecified atom stereocenters. The number of benzene rings is 1. The molecule has 1 aromatic carbocycles. The van der Waals surface area contributed by atoms with Crippen LogP contribution >= 0.6 is 0 Å². The van der Waals surface area contributed by atoms with Gasteiger partial charge in [0, 0.05) is 24.6 Å². The molecule has 0 aliphatic rings. The number of hydrogen-bond donors (Lipinski definition) is 2. The minimum absolute atomic E-state index is 0.00562. The van der Waals surface area contributed by atoms with E-state index in [1.54, 1.807) is 0 Å². The van der Waals surface area contributed by atoms with Crippen molar-refractivity contribution in [2.24, 2.45) is 5.73 Å². The van der Waals surface area contributed by atoms with Crippen LogP contribution in [0.4, 0.5) is 5.69 Å². The van der Waals surface area contributed by atoms with Gasteiger partial charge in [-0.3, -0.25) is 4.79 Å². The molecule has 0 saturated heterocycles. The molecule has 18 heavy (non-hydrogen) atoms. The van der Waals surface area contributed by atoms with Crippen LogP contribution in [0.25, 0.3) is 11.0 Å². The van der Waals surface area contributed by atoms with Gasteiger partial charge in [-0.1, -0.05) is 6.92 Å². The van der Waals surface area contributed by atoms with E-state index in [1.165, 1.54) is 0 Å². The molecule has 5 heteroatoms. The zero-order valence-electron chi connectivity index (χ0n) is 10.7. The van der Waals surface area contributed by atoms with Gasteiger partial charge in [0.15, 0.2) is 0 Å². The summed E-state index contributed by atoms with van der Waals surface area (Å²) in [6, 6.07) is 5.64. The SMILES string of the molecule is CCc1nc2cc(N)ccc2n1C(C)CC(N)=O. The van der Waals surface area contributed by atoms with Crippen LogP contribution in [0.2, 0.25) is 0 Å². The zero-order valence-corrected chi connectivity index (χ0v) is 10.7. The van der Waals surface area contributed by atoms with Gasteiger partial charge in [-0.25, -0.2) is 4.98 Å². The Kier molecular flexibility index (Phi) is 3.23. The normalized spacial score (nSPS) is 12.8. The summed E-state index contributed by atoms with van der Waals surface area (Å²) in [5, 5.41) is 0. The zero-order chi connectivity index (χ0) is 13.3. The number of aromatic nitrogens is 2. The highest BCUT2D eigenvalue weighted by Crippen LogP contribution is 2.24. The Morgan fingerprint density at radius 3 is 2.83 bits per heavy atom. The van der Waals surface area contributed by atoms with Crippen molar-refractivity contribution >= 4 is 22.6 Å². The molecule has 1 amide bonds. The first-order valence-electron chi connectivity index (χ1n) is 6.07. The molecule has 5 nitrogen and oxygen atoms in total. The second-order valence-electron chi connectivity index (χ2n) is 4.52. The second kappa shape index (κ2) is 4.68. The molecule has 0 saturated carbocycles. The van der Waals surface area contributed by atoms with Crippen LogP contribution in [-0.4, -0.2) is 15.5 Å². The van der Waals surface area contributed by atoms with Crippen LogP contribution in [-0.2, 0) is 11.2 Å². The molecular weight excluding hydrogens is 228 g/mol. The average molecular weight is 246 g/mol. The first-order chi connectivity index (χ1) is 8.52. The quantitative estimate of drug-likeness (QED) is 0.803. The van der Waals surface area contributed by atoms with Gasteiger partial charge in [0.1, 0.15) is 5.82 Å². The molecule has 96 valence electrons. The van der Waals surface area contributed by atoms with Crippen molar-refractivity contribution in [3.63, 3.8) is 0 Å². The summed E-state index contributed by atoms with van der Waals surface area (Å²) in [5.41, 5.74) is 13.6. The minimum atomic E-state index is -0.304. The number of aryl methyl sites for hydroxylation is 1. The number of imidazole rings is 1. The number of nitrogen functional groups attached to an aromatic ring is 1. The molecule has 0 spiro atoms. The molecular formula is C13H18N4O. The molecule has 4 N–H and O–H groups in total. The highest BCUT2D eigenvalue weighted by atomic mass is 16.1. The lowest BCUT2D eigenvalue weighted by molar-refractivity contribution is -0.118. The Bertz CT molecular complexity index is 588. The maximum atomic E-state index is 11.1. The lowest BCUT2D eigenvalue weighted by atomic mass is 10.2. The minimum Gasteiger partial charge on any atom is -0.399 e. The third kappa shape index (κ3) is 2.16. The van der Waals surface area contributed by atoms with Gasteiger partial charge in [0.2, 0.25) is 5.91 Å². The van der Waals surface area contributed by atoms with E-state index in [0.717, 1.165) is 23.3 Å². The molecule has 2 aromatic rings. The second-order valence-corrected chi connectivity index (χ2v) is 4.52. The third-order valence-electron chi connectivity index (χ3n) is 3.04. The molecule has 1 atom stereocenters. The van der Waals surface area contributed by atoms with E-state index in [0.29, 0.717) is 12.1 Å². The largest absolute Gasteiger partial charge is 0.399 e. The molecule has 2 rings (SSSR count). The van der Waals surface area contributed by atoms with E-state index in [4.69, 9.17) is 11.5 Å². The number of carbonyl (C=O) groups is 1. The van der Waals surface area contributed by atoms with E-state index >= 15 is 0 Å². The van der Waals surface area contributed by atoms with Crippen molar-refractivity contribution in [2.45, 2.75) is 32.7 Å². The summed E-state index contributed by atoms with van der Waals surface area (Å²) in [7, 11) is 0. The molecule has 0 bridgehead atoms. The number of hydrogen-bond acceptors (Lipinski definition) is 3. The summed E-state index contributed by atoms with van der Waals surface area (Å²) in [5.74, 6) is 0.645. The highest BCUT2D eigenvalue weighted by Gasteiger charge is 2.16. The van der Waals surface area contributed by atoms with Crippen LogP contribution in [0, 0.1) is 0 Å². The fourth-order valence-electron chi connectivity index (χ4n) is 2.29. The third-order valence-corrected chi connectivity index (χ3v) is 3.04. The molecule has 0 radical (unpaired) electrons. The monoisotopic (exact) mass is 246 g/mol. The van der Waals surface area contributed by atoms with E-state index in [2.05, 4.69) is 9.55 Å². The van der Waals surface area contributed by atoms with Gasteiger partial charge < -0.3 is 16.0 Å². The summed E-state index contributed by atoms with van der Waals surface area (Å²) < 4.78 is 2.07. The predicted octanol–water partition coefficient (Wildman–Crippen LogP) is 1.62. The number of primary amides is 1. The number of amides is 1. The lowest BCUT2D eigenvalue weighted by Crippen LogP contribution is -2.18. The molecule has 1 aromatic heterocycles. The smallest absolute Gasteiger partial charge is 0.219 e. The van der Waals surface area contributed by atoms with Crippen molar-refractivity contribution in [1.82, 2.24) is 9.55 Å². The van der Waals surface area contributed by atoms with Crippen LogP contribution in [0.3, 0.4) is 0 Å². The van der Waals surface area contributed by atoms with Gasteiger partial charge in [-0.2, -0.15) is 0 Å². The van der Waals surface area contributed by atoms with Crippen molar-refractivity contribution in [2.75, 3.05) is 5.73 Å². The number of fused-ring (bicyclic) bond motifs is 1. The first kappa shape index (κ1) is 12.4. The Morgan fingerprint density at radius 1 is 1.50 bits per heavy atom. The van der Waals surface area contributed by atoms with E-state index < -0.39 is 0 Å². The lowest BCUT2D eigenvalue weighted by Gasteiger charge is -2.15. The summed E-state index contributed by atoms with van der Waals surface area (Å²) in [6.07, 6.45) is 1.11. The van der Waals surface area contributed by atoms with Crippen molar-refractivity contribution < 1.29 is 4.79 Å². The van der Waals surface area contributed by atoms with Gasteiger partial charge in [0.25, 0.3) is 0 Å². The van der Waals surface area contributed by atoms with Crippen molar-refractivity contribution in [3.05, 3.63) is 24.0 Å². The Labute approximate surface area is 106 Å². The van der Waals surface area contributed by atoms with E-state index in [-0.39, 0.29) is 11.9 Å². The molecule has 0 aliphatic heterocycles. The molecule has 1 heterocycles. The van der Waals surface area contributed by atoms with E-state index in [1.807, 2.05) is 32.0 Å². The Morgan fingerprint density at radius 2 is 2.22 bits per heavy atom. The van der Waals surface area contributed by atoms with Crippen LogP contribution < -0.4 is 11.5 Å². The summed E-state index contributed by atoms with van der Waals surface area (Å²) >= 11 is 0. The first-order valence-corrected chi connectivity index (χ1v) is 6.07. The fourth-order valence-corrected chi connectivity index (χ4v) is 2.29. The summed E-state index contributed by atoms with van der Waals surface area (Å²) in [4.78, 5) is 15.6. The highest BCUT2D eigenvalue weighted by molar-refractivity contribution is 5.80. The molecule has 0 aliphatic carbocycles. The Hall–Kier alpha value is -2.04. The number of nitrogens with two attached hydrogens (primary N) is 2. The van der Waals surface area contributed by atoms with Crippen LogP contribution in [0.5, 0.6) is 0 Å². The van der Waals surface area contributed by atoms with Gasteiger partial charge in [-0.15, -0.1) is 0 Å². The topological polar surface area (TPSA) is 86.9 Å². The summed E-state index contributed by atoms with van der Waals surface area (Å²) in [6.45, 7) is 4.01. The van der Waals surface area contributed by atoms with Crippen molar-refractivity contribution in [3.8, 4) is 0 Å². The maximum absolute atomic E-state index is 11.1. The Balaban J connectivity index is 2.56. The molecule has 0 fully saturated rings. The van der Waals surface area contributed by atoms with Crippen LogP contribution in [0.1, 0.15) is 32.1 Å². The van der Waals surface area contributed by atoms with Gasteiger partial charge in [-0.05, 0) is 25.1 Å². The van der Waals surface area contributed by atoms with Crippen LogP contribution in [0.15, 0.2) is 18.2 Å². The number of anilines is 1. The fraction of sp³-hybridized carbons (Fsp3) is 0.385. The van der Waals surface area contributed by atoms with Gasteiger partial charge in [0.05, 0.1) is 11.0 Å². The average Bonchev–Trinajstić information content (AvgIpc) is 2.65.